The van der Waals surface area contributed by atoms with Crippen LogP contribution in [0.2, 0.25) is 0 Å². The smallest absolute Gasteiger partial charge is 0.216 e. The zero-order valence-corrected chi connectivity index (χ0v) is 7.64. The highest BCUT2D eigenvalue weighted by molar-refractivity contribution is 7.90. The molecule has 1 rings (SSSR count). The van der Waals surface area contributed by atoms with Crippen LogP contribution in [0.1, 0.15) is 5.56 Å². The Morgan fingerprint density at radius 2 is 1.93 bits per heavy atom. The summed E-state index contributed by atoms with van der Waals surface area (Å²) in [6, 6.07) is 6.93. The third-order valence-corrected chi connectivity index (χ3v) is 2.58. The van der Waals surface area contributed by atoms with Crippen molar-refractivity contribution >= 4 is 10.0 Å². The van der Waals surface area contributed by atoms with Gasteiger partial charge in [-0.05, 0) is 29.8 Å². The van der Waals surface area contributed by atoms with E-state index in [1.54, 1.807) is 0 Å². The number of azide groups is 1. The first-order valence-electron chi connectivity index (χ1n) is 3.42. The fourth-order valence-corrected chi connectivity index (χ4v) is 1.47. The molecule has 1 aromatic carbocycles. The van der Waals surface area contributed by atoms with Crippen LogP contribution in [0, 0.1) is 11.3 Å². The van der Waals surface area contributed by atoms with Crippen molar-refractivity contribution in [3.05, 3.63) is 40.3 Å². The Morgan fingerprint density at radius 3 is 2.36 bits per heavy atom. The molecule has 70 valence electrons. The molecule has 0 unspecified atom stereocenters. The minimum atomic E-state index is -3.94. The van der Waals surface area contributed by atoms with Crippen molar-refractivity contribution in [2.45, 2.75) is 4.90 Å². The van der Waals surface area contributed by atoms with Gasteiger partial charge in [-0.25, -0.2) is 8.42 Å². The largest absolute Gasteiger partial charge is 0.264 e. The van der Waals surface area contributed by atoms with Crippen molar-refractivity contribution in [1.29, 1.82) is 5.26 Å². The molecule has 14 heavy (non-hydrogen) atoms. The molecule has 0 saturated carbocycles. The molecule has 0 aliphatic carbocycles. The van der Waals surface area contributed by atoms with Crippen LogP contribution in [0.15, 0.2) is 33.7 Å². The first-order chi connectivity index (χ1) is 6.60. The number of sulfonamides is 1. The van der Waals surface area contributed by atoms with Gasteiger partial charge in [-0.2, -0.15) is 5.26 Å². The number of nitriles is 1. The van der Waals surface area contributed by atoms with Crippen LogP contribution in [-0.4, -0.2) is 8.42 Å². The Balaban J connectivity index is 3.24. The lowest BCUT2D eigenvalue weighted by atomic mass is 10.2. The first kappa shape index (κ1) is 10.1. The molecule has 0 fully saturated rings. The number of hydrogen-bond donors (Lipinski definition) is 0. The molecular formula is C7H4N4O2S. The van der Waals surface area contributed by atoms with Crippen LogP contribution < -0.4 is 0 Å². The summed E-state index contributed by atoms with van der Waals surface area (Å²) in [5.74, 6) is 0. The fourth-order valence-electron chi connectivity index (χ4n) is 0.797. The first-order valence-corrected chi connectivity index (χ1v) is 4.86. The normalized spacial score (nSPS) is 9.93. The minimum absolute atomic E-state index is 0.130. The SMILES string of the molecule is N#Cc1ccc(S(=O)(=O)N=[N+]=[N-])cc1. The van der Waals surface area contributed by atoms with Crippen LogP contribution in [0.5, 0.6) is 0 Å². The number of nitrogens with zero attached hydrogens (tertiary/aromatic N) is 4. The predicted molar refractivity (Wildman–Crippen MR) is 47.5 cm³/mol. The molecule has 0 N–H and O–H groups in total. The fraction of sp³-hybridized carbons (Fsp3) is 0. The Hall–Kier alpha value is -2.03. The van der Waals surface area contributed by atoms with Gasteiger partial charge >= 0.3 is 0 Å². The molecule has 0 saturated heterocycles. The van der Waals surface area contributed by atoms with Gasteiger partial charge in [0.15, 0.2) is 0 Å². The van der Waals surface area contributed by atoms with Crippen LogP contribution in [0.4, 0.5) is 0 Å². The second-order valence-corrected chi connectivity index (χ2v) is 3.87. The standard InChI is InChI=1S/C7H4N4O2S/c8-5-6-1-3-7(4-2-6)14(12,13)11-10-9/h1-4H. The zero-order chi connectivity index (χ0) is 10.6. The van der Waals surface area contributed by atoms with E-state index in [1.165, 1.54) is 24.3 Å². The highest BCUT2D eigenvalue weighted by Gasteiger charge is 2.10. The molecule has 0 heterocycles. The van der Waals surface area contributed by atoms with Crippen LogP contribution in [-0.2, 0) is 10.0 Å². The molecule has 0 aliphatic rings. The van der Waals surface area contributed by atoms with Gasteiger partial charge in [-0.1, -0.05) is 0 Å². The molecule has 0 amide bonds. The van der Waals surface area contributed by atoms with E-state index in [-0.39, 0.29) is 4.90 Å². The molecule has 7 heteroatoms. The van der Waals surface area contributed by atoms with Crippen molar-refractivity contribution < 1.29 is 8.42 Å². The van der Waals surface area contributed by atoms with E-state index in [9.17, 15) is 8.42 Å². The lowest BCUT2D eigenvalue weighted by molar-refractivity contribution is 0.597. The summed E-state index contributed by atoms with van der Waals surface area (Å²) in [5, 5.41) is 8.45. The summed E-state index contributed by atoms with van der Waals surface area (Å²) >= 11 is 0. The minimum Gasteiger partial charge on any atom is -0.216 e. The van der Waals surface area contributed by atoms with Gasteiger partial charge in [0.05, 0.1) is 16.5 Å². The van der Waals surface area contributed by atoms with Gasteiger partial charge in [-0.15, -0.1) is 0 Å². The number of hydrogen-bond acceptors (Lipinski definition) is 3. The van der Waals surface area contributed by atoms with Gasteiger partial charge < -0.3 is 0 Å². The maximum Gasteiger partial charge on any atom is 0.264 e. The average Bonchev–Trinajstić information content (AvgIpc) is 2.18. The predicted octanol–water partition coefficient (Wildman–Crippen LogP) is 1.56. The third kappa shape index (κ3) is 2.01. The number of benzene rings is 1. The lowest BCUT2D eigenvalue weighted by Gasteiger charge is -1.95. The van der Waals surface area contributed by atoms with Crippen molar-refractivity contribution in [3.63, 3.8) is 0 Å². The van der Waals surface area contributed by atoms with E-state index < -0.39 is 10.0 Å². The Kier molecular flexibility index (Phi) is 2.72. The summed E-state index contributed by atoms with van der Waals surface area (Å²) in [5.41, 5.74) is 8.33. The van der Waals surface area contributed by atoms with E-state index in [4.69, 9.17) is 10.8 Å². The second kappa shape index (κ2) is 3.79. The monoisotopic (exact) mass is 208 g/mol. The summed E-state index contributed by atoms with van der Waals surface area (Å²) in [7, 11) is -3.94. The molecular weight excluding hydrogens is 204 g/mol. The maximum absolute atomic E-state index is 11.1. The molecule has 0 aliphatic heterocycles. The Labute approximate surface area is 80.1 Å². The highest BCUT2D eigenvalue weighted by Crippen LogP contribution is 2.12. The van der Waals surface area contributed by atoms with Gasteiger partial charge in [0.1, 0.15) is 0 Å². The van der Waals surface area contributed by atoms with E-state index in [1.807, 2.05) is 6.07 Å². The van der Waals surface area contributed by atoms with Gasteiger partial charge in [0.2, 0.25) is 0 Å². The van der Waals surface area contributed by atoms with Crippen molar-refractivity contribution in [2.75, 3.05) is 0 Å². The third-order valence-electron chi connectivity index (χ3n) is 1.43. The lowest BCUT2D eigenvalue weighted by Crippen LogP contribution is -1.94. The molecule has 0 aromatic heterocycles. The van der Waals surface area contributed by atoms with Gasteiger partial charge in [0, 0.05) is 9.43 Å². The van der Waals surface area contributed by atoms with Crippen LogP contribution >= 0.6 is 0 Å². The zero-order valence-electron chi connectivity index (χ0n) is 6.82. The van der Waals surface area contributed by atoms with E-state index in [2.05, 4.69) is 9.43 Å². The molecule has 0 spiro atoms. The van der Waals surface area contributed by atoms with Crippen molar-refractivity contribution in [2.24, 2.45) is 4.52 Å². The van der Waals surface area contributed by atoms with Crippen LogP contribution in [0.3, 0.4) is 0 Å². The topological polar surface area (TPSA) is 107 Å². The maximum atomic E-state index is 11.1. The van der Waals surface area contributed by atoms with Gasteiger partial charge in [0.25, 0.3) is 10.0 Å². The Bertz CT molecular complexity index is 520. The summed E-state index contributed by atoms with van der Waals surface area (Å²) in [6.07, 6.45) is 0. The quantitative estimate of drug-likeness (QED) is 0.418. The molecule has 1 aromatic rings. The second-order valence-electron chi connectivity index (χ2n) is 2.28. The Morgan fingerprint density at radius 1 is 1.36 bits per heavy atom. The molecule has 6 nitrogen and oxygen atoms in total. The van der Waals surface area contributed by atoms with Crippen molar-refractivity contribution in [3.8, 4) is 6.07 Å². The molecule has 0 radical (unpaired) electrons. The van der Waals surface area contributed by atoms with Crippen LogP contribution in [0.25, 0.3) is 10.4 Å². The van der Waals surface area contributed by atoms with E-state index >= 15 is 0 Å². The van der Waals surface area contributed by atoms with E-state index in [0.29, 0.717) is 5.56 Å². The van der Waals surface area contributed by atoms with Crippen molar-refractivity contribution in [1.82, 2.24) is 0 Å². The summed E-state index contributed by atoms with van der Waals surface area (Å²) in [4.78, 5) is 2.07. The highest BCUT2D eigenvalue weighted by atomic mass is 32.2. The molecule has 0 atom stereocenters. The number of rotatable bonds is 2. The average molecular weight is 208 g/mol. The summed E-state index contributed by atoms with van der Waals surface area (Å²) in [6.45, 7) is 0. The van der Waals surface area contributed by atoms with Gasteiger partial charge in [-0.3, -0.25) is 0 Å². The summed E-state index contributed by atoms with van der Waals surface area (Å²) < 4.78 is 24.9. The molecule has 0 bridgehead atoms. The van der Waals surface area contributed by atoms with E-state index in [0.717, 1.165) is 0 Å².